The third kappa shape index (κ3) is 5.57. The number of hydrogen-bond donors (Lipinski definition) is 2. The average molecular weight is 363 g/mol. The molecular formula is C18H29N5O3. The van der Waals surface area contributed by atoms with Crippen molar-refractivity contribution >= 4 is 17.8 Å². The number of oxazole rings is 1. The van der Waals surface area contributed by atoms with Gasteiger partial charge in [0.25, 0.3) is 0 Å². The quantitative estimate of drug-likeness (QED) is 0.452. The fourth-order valence-electron chi connectivity index (χ4n) is 2.55. The fraction of sp³-hybridized carbons (Fsp3) is 0.667. The predicted octanol–water partition coefficient (Wildman–Crippen LogP) is 1.57. The summed E-state index contributed by atoms with van der Waals surface area (Å²) >= 11 is 0. The monoisotopic (exact) mass is 363 g/mol. The minimum absolute atomic E-state index is 0.0920. The molecule has 2 N–H and O–H groups in total. The molecule has 0 saturated carbocycles. The number of aromatic nitrogens is 1. The average Bonchev–Trinajstić information content (AvgIpc) is 3.04. The van der Waals surface area contributed by atoms with Crippen LogP contribution in [-0.2, 0) is 21.5 Å². The molecule has 1 saturated heterocycles. The number of piperidine rings is 1. The number of carbonyl (C=O) groups excluding carboxylic acids is 2. The van der Waals surface area contributed by atoms with E-state index in [0.29, 0.717) is 57.3 Å². The minimum Gasteiger partial charge on any atom is -0.443 e. The van der Waals surface area contributed by atoms with Gasteiger partial charge in [-0.1, -0.05) is 20.8 Å². The van der Waals surface area contributed by atoms with Crippen LogP contribution in [0.1, 0.15) is 58.6 Å². The van der Waals surface area contributed by atoms with Crippen molar-refractivity contribution in [1.82, 2.24) is 20.5 Å². The maximum absolute atomic E-state index is 11.8. The first-order valence-corrected chi connectivity index (χ1v) is 9.12. The Kier molecular flexibility index (Phi) is 6.76. The van der Waals surface area contributed by atoms with E-state index in [1.165, 1.54) is 4.90 Å². The zero-order valence-corrected chi connectivity index (χ0v) is 16.1. The van der Waals surface area contributed by atoms with Crippen molar-refractivity contribution in [2.45, 2.75) is 58.9 Å². The van der Waals surface area contributed by atoms with Crippen molar-refractivity contribution in [2.75, 3.05) is 19.6 Å². The molecule has 1 fully saturated rings. The molecule has 0 bridgehead atoms. The van der Waals surface area contributed by atoms with Gasteiger partial charge in [-0.05, 0) is 13.3 Å². The van der Waals surface area contributed by atoms with Gasteiger partial charge >= 0.3 is 0 Å². The summed E-state index contributed by atoms with van der Waals surface area (Å²) in [7, 11) is 0. The van der Waals surface area contributed by atoms with Crippen LogP contribution in [0.15, 0.2) is 15.6 Å². The molecular weight excluding hydrogens is 334 g/mol. The second-order valence-electron chi connectivity index (χ2n) is 7.28. The molecule has 0 aliphatic carbocycles. The molecule has 1 aliphatic rings. The lowest BCUT2D eigenvalue weighted by Crippen LogP contribution is -2.46. The molecule has 2 heterocycles. The molecule has 1 aromatic heterocycles. The van der Waals surface area contributed by atoms with Crippen LogP contribution in [0.2, 0.25) is 0 Å². The number of nitrogens with one attached hydrogen (secondary N) is 2. The SMILES string of the molecule is CCNC(=NCc1ncc(C(C)(C)C)o1)NCCN1C(=O)CCCC1=O. The highest BCUT2D eigenvalue weighted by Gasteiger charge is 2.25. The van der Waals surface area contributed by atoms with E-state index in [2.05, 4.69) is 41.4 Å². The first-order valence-electron chi connectivity index (χ1n) is 9.12. The third-order valence-electron chi connectivity index (χ3n) is 4.02. The number of imide groups is 1. The molecule has 0 atom stereocenters. The Morgan fingerprint density at radius 3 is 2.54 bits per heavy atom. The number of rotatable bonds is 6. The van der Waals surface area contributed by atoms with E-state index < -0.39 is 0 Å². The molecule has 8 nitrogen and oxygen atoms in total. The van der Waals surface area contributed by atoms with Crippen molar-refractivity contribution in [2.24, 2.45) is 4.99 Å². The van der Waals surface area contributed by atoms with Gasteiger partial charge in [-0.15, -0.1) is 0 Å². The van der Waals surface area contributed by atoms with Gasteiger partial charge in [0.05, 0.1) is 6.20 Å². The standard InChI is InChI=1S/C18H29N5O3/c1-5-19-17(20-9-10-23-15(24)7-6-8-16(23)25)22-12-14-21-11-13(26-14)18(2,3)4/h11H,5-10,12H2,1-4H3,(H2,19,20,22). The first-order chi connectivity index (χ1) is 12.3. The molecule has 0 aromatic carbocycles. The summed E-state index contributed by atoms with van der Waals surface area (Å²) in [5.41, 5.74) is -0.0920. The van der Waals surface area contributed by atoms with E-state index in [0.717, 1.165) is 5.76 Å². The van der Waals surface area contributed by atoms with Crippen LogP contribution in [0.4, 0.5) is 0 Å². The van der Waals surface area contributed by atoms with Gasteiger partial charge < -0.3 is 15.1 Å². The Balaban J connectivity index is 1.89. The molecule has 1 aromatic rings. The Morgan fingerprint density at radius 1 is 1.27 bits per heavy atom. The topological polar surface area (TPSA) is 99.8 Å². The highest BCUT2D eigenvalue weighted by Crippen LogP contribution is 2.22. The summed E-state index contributed by atoms with van der Waals surface area (Å²) in [6.45, 7) is 9.97. The van der Waals surface area contributed by atoms with E-state index in [-0.39, 0.29) is 17.2 Å². The lowest BCUT2D eigenvalue weighted by Gasteiger charge is -2.25. The minimum atomic E-state index is -0.0977. The molecule has 0 unspecified atom stereocenters. The Bertz CT molecular complexity index is 644. The molecule has 2 rings (SSSR count). The van der Waals surface area contributed by atoms with Crippen LogP contribution in [0.3, 0.4) is 0 Å². The van der Waals surface area contributed by atoms with E-state index >= 15 is 0 Å². The number of nitrogens with zero attached hydrogens (tertiary/aromatic N) is 3. The largest absolute Gasteiger partial charge is 0.443 e. The van der Waals surface area contributed by atoms with Gasteiger partial charge in [0.15, 0.2) is 5.96 Å². The highest BCUT2D eigenvalue weighted by atomic mass is 16.4. The molecule has 8 heteroatoms. The normalized spacial score (nSPS) is 16.2. The molecule has 144 valence electrons. The van der Waals surface area contributed by atoms with E-state index in [4.69, 9.17) is 4.42 Å². The maximum atomic E-state index is 11.8. The Hall–Kier alpha value is -2.38. The lowest BCUT2D eigenvalue weighted by molar-refractivity contribution is -0.147. The lowest BCUT2D eigenvalue weighted by atomic mass is 9.94. The van der Waals surface area contributed by atoms with E-state index in [9.17, 15) is 9.59 Å². The molecule has 26 heavy (non-hydrogen) atoms. The number of guanidine groups is 1. The van der Waals surface area contributed by atoms with E-state index in [1.54, 1.807) is 6.20 Å². The molecule has 0 radical (unpaired) electrons. The molecule has 1 aliphatic heterocycles. The Labute approximate surface area is 154 Å². The van der Waals surface area contributed by atoms with Crippen molar-refractivity contribution in [3.63, 3.8) is 0 Å². The van der Waals surface area contributed by atoms with Gasteiger partial charge in [-0.25, -0.2) is 9.98 Å². The maximum Gasteiger partial charge on any atom is 0.229 e. The number of carbonyl (C=O) groups is 2. The van der Waals surface area contributed by atoms with Gasteiger partial charge in [-0.2, -0.15) is 0 Å². The summed E-state index contributed by atoms with van der Waals surface area (Å²) in [5, 5.41) is 6.27. The van der Waals surface area contributed by atoms with E-state index in [1.807, 2.05) is 6.92 Å². The summed E-state index contributed by atoms with van der Waals surface area (Å²) in [4.78, 5) is 33.7. The van der Waals surface area contributed by atoms with Crippen LogP contribution in [0.5, 0.6) is 0 Å². The number of amides is 2. The van der Waals surface area contributed by atoms with Crippen LogP contribution in [0.25, 0.3) is 0 Å². The smallest absolute Gasteiger partial charge is 0.229 e. The van der Waals surface area contributed by atoms with Crippen LogP contribution in [-0.4, -0.2) is 47.3 Å². The highest BCUT2D eigenvalue weighted by molar-refractivity contribution is 5.97. The summed E-state index contributed by atoms with van der Waals surface area (Å²) in [6, 6.07) is 0. The Morgan fingerprint density at radius 2 is 1.96 bits per heavy atom. The van der Waals surface area contributed by atoms with Crippen LogP contribution < -0.4 is 10.6 Å². The van der Waals surface area contributed by atoms with Crippen LogP contribution >= 0.6 is 0 Å². The van der Waals surface area contributed by atoms with Gasteiger partial charge in [0.2, 0.25) is 17.7 Å². The summed E-state index contributed by atoms with van der Waals surface area (Å²) in [6.07, 6.45) is 3.28. The van der Waals surface area contributed by atoms with Gasteiger partial charge in [0, 0.05) is 37.9 Å². The third-order valence-corrected chi connectivity index (χ3v) is 4.02. The van der Waals surface area contributed by atoms with Crippen molar-refractivity contribution in [3.8, 4) is 0 Å². The second kappa shape index (κ2) is 8.82. The summed E-state index contributed by atoms with van der Waals surface area (Å²) < 4.78 is 5.73. The van der Waals surface area contributed by atoms with Gasteiger partial charge in [-0.3, -0.25) is 14.5 Å². The van der Waals surface area contributed by atoms with Crippen LogP contribution in [0, 0.1) is 0 Å². The fourth-order valence-corrected chi connectivity index (χ4v) is 2.55. The molecule has 0 spiro atoms. The zero-order valence-electron chi connectivity index (χ0n) is 16.1. The number of aliphatic imine (C=N–C) groups is 1. The van der Waals surface area contributed by atoms with Crippen molar-refractivity contribution in [1.29, 1.82) is 0 Å². The summed E-state index contributed by atoms with van der Waals surface area (Å²) in [5.74, 6) is 1.77. The zero-order chi connectivity index (χ0) is 19.2. The number of likely N-dealkylation sites (tertiary alicyclic amines) is 1. The first kappa shape index (κ1) is 19.9. The molecule has 2 amide bonds. The van der Waals surface area contributed by atoms with Gasteiger partial charge in [0.1, 0.15) is 12.3 Å². The predicted molar refractivity (Wildman–Crippen MR) is 98.6 cm³/mol. The number of hydrogen-bond acceptors (Lipinski definition) is 5. The second-order valence-corrected chi connectivity index (χ2v) is 7.28. The van der Waals surface area contributed by atoms with Crippen molar-refractivity contribution < 1.29 is 14.0 Å². The van der Waals surface area contributed by atoms with Crippen molar-refractivity contribution in [3.05, 3.63) is 17.8 Å².